The summed E-state index contributed by atoms with van der Waals surface area (Å²) in [6.45, 7) is 1.39. The van der Waals surface area contributed by atoms with Crippen molar-refractivity contribution in [2.75, 3.05) is 20.2 Å². The minimum atomic E-state index is -1.07. The molecule has 0 aliphatic carbocycles. The van der Waals surface area contributed by atoms with Crippen LogP contribution in [0, 0.1) is 5.82 Å². The van der Waals surface area contributed by atoms with E-state index in [9.17, 15) is 14.3 Å². The molecule has 1 heterocycles. The Labute approximate surface area is 111 Å². The first-order valence-corrected chi connectivity index (χ1v) is 6.38. The minimum Gasteiger partial charge on any atom is -0.496 e. The number of ether oxygens (including phenoxy) is 1. The lowest BCUT2D eigenvalue weighted by Gasteiger charge is -2.29. The van der Waals surface area contributed by atoms with Crippen LogP contribution in [0.2, 0.25) is 0 Å². The van der Waals surface area contributed by atoms with Crippen molar-refractivity contribution >= 4 is 5.97 Å². The quantitative estimate of drug-likeness (QED) is 0.878. The number of methoxy groups -OCH3 is 1. The van der Waals surface area contributed by atoms with Crippen molar-refractivity contribution in [3.8, 4) is 5.75 Å². The van der Waals surface area contributed by atoms with Gasteiger partial charge in [-0.05, 0) is 50.6 Å². The van der Waals surface area contributed by atoms with E-state index in [2.05, 4.69) is 5.32 Å². The third-order valence-electron chi connectivity index (χ3n) is 3.77. The van der Waals surface area contributed by atoms with Crippen molar-refractivity contribution < 1.29 is 19.0 Å². The maximum absolute atomic E-state index is 13.5. The number of benzene rings is 1. The number of rotatable bonds is 3. The molecule has 1 aliphatic rings. The molecule has 0 aromatic heterocycles. The fourth-order valence-electron chi connectivity index (χ4n) is 2.72. The fourth-order valence-corrected chi connectivity index (χ4v) is 2.72. The Balaban J connectivity index is 2.54. The highest BCUT2D eigenvalue weighted by atomic mass is 19.1. The van der Waals surface area contributed by atoms with Gasteiger partial charge in [0.25, 0.3) is 0 Å². The zero-order chi connectivity index (χ0) is 13.9. The second-order valence-electron chi connectivity index (χ2n) is 4.84. The highest BCUT2D eigenvalue weighted by Crippen LogP contribution is 2.40. The lowest BCUT2D eigenvalue weighted by molar-refractivity contribution is -0.144. The highest BCUT2D eigenvalue weighted by Gasteiger charge is 2.42. The molecular weight excluding hydrogens is 249 g/mol. The number of hydrogen-bond donors (Lipinski definition) is 2. The van der Waals surface area contributed by atoms with E-state index < -0.39 is 17.2 Å². The lowest BCUT2D eigenvalue weighted by Crippen LogP contribution is -2.37. The number of carbonyl (C=O) groups is 1. The average Bonchev–Trinajstić information content (AvgIpc) is 2.65. The largest absolute Gasteiger partial charge is 0.496 e. The smallest absolute Gasteiger partial charge is 0.314 e. The van der Waals surface area contributed by atoms with E-state index in [0.29, 0.717) is 30.7 Å². The number of hydrogen-bond acceptors (Lipinski definition) is 3. The predicted octanol–water partition coefficient (Wildman–Crippen LogP) is 1.93. The molecule has 1 aliphatic heterocycles. The van der Waals surface area contributed by atoms with E-state index >= 15 is 0 Å². The van der Waals surface area contributed by atoms with Gasteiger partial charge in [-0.25, -0.2) is 4.39 Å². The molecule has 1 aromatic carbocycles. The molecule has 104 valence electrons. The van der Waals surface area contributed by atoms with Crippen molar-refractivity contribution in [1.29, 1.82) is 0 Å². The number of nitrogens with one attached hydrogen (secondary N) is 1. The molecule has 4 nitrogen and oxygen atoms in total. The van der Waals surface area contributed by atoms with Gasteiger partial charge >= 0.3 is 5.97 Å². The number of carboxylic acids is 1. The number of aliphatic carboxylic acids is 1. The third-order valence-corrected chi connectivity index (χ3v) is 3.77. The van der Waals surface area contributed by atoms with E-state index in [0.717, 1.165) is 13.0 Å². The Hall–Kier alpha value is -1.62. The van der Waals surface area contributed by atoms with Gasteiger partial charge in [-0.15, -0.1) is 0 Å². The van der Waals surface area contributed by atoms with Crippen molar-refractivity contribution in [1.82, 2.24) is 5.32 Å². The predicted molar refractivity (Wildman–Crippen MR) is 69.0 cm³/mol. The second kappa shape index (κ2) is 5.57. The molecule has 0 spiro atoms. The van der Waals surface area contributed by atoms with Gasteiger partial charge in [0.05, 0.1) is 12.5 Å². The molecule has 0 saturated carbocycles. The van der Waals surface area contributed by atoms with Crippen molar-refractivity contribution in [3.63, 3.8) is 0 Å². The SMILES string of the molecule is COc1ccc(F)cc1C1(C(=O)O)CCCNCC1. The molecule has 5 heteroatoms. The van der Waals surface area contributed by atoms with Crippen LogP contribution < -0.4 is 10.1 Å². The van der Waals surface area contributed by atoms with E-state index in [-0.39, 0.29) is 0 Å². The molecule has 2 N–H and O–H groups in total. The van der Waals surface area contributed by atoms with E-state index in [4.69, 9.17) is 4.74 Å². The third kappa shape index (κ3) is 2.56. The summed E-state index contributed by atoms with van der Waals surface area (Å²) in [5.74, 6) is -0.917. The molecule has 1 saturated heterocycles. The Bertz CT molecular complexity index is 468. The summed E-state index contributed by atoms with van der Waals surface area (Å²) in [5, 5.41) is 12.9. The molecule has 0 radical (unpaired) electrons. The van der Waals surface area contributed by atoms with Crippen molar-refractivity contribution in [2.24, 2.45) is 0 Å². The Morgan fingerprint density at radius 2 is 2.21 bits per heavy atom. The molecule has 1 atom stereocenters. The molecule has 1 aromatic rings. The Morgan fingerprint density at radius 3 is 2.89 bits per heavy atom. The molecule has 0 amide bonds. The zero-order valence-electron chi connectivity index (χ0n) is 10.9. The standard InChI is InChI=1S/C14H18FNO3/c1-19-12-4-3-10(15)9-11(12)14(13(17)18)5-2-7-16-8-6-14/h3-4,9,16H,2,5-8H2,1H3,(H,17,18). The summed E-state index contributed by atoms with van der Waals surface area (Å²) in [7, 11) is 1.47. The van der Waals surface area contributed by atoms with Crippen molar-refractivity contribution in [2.45, 2.75) is 24.7 Å². The van der Waals surface area contributed by atoms with Crippen molar-refractivity contribution in [3.05, 3.63) is 29.6 Å². The maximum Gasteiger partial charge on any atom is 0.314 e. The van der Waals surface area contributed by atoms with Crippen LogP contribution in [-0.2, 0) is 10.2 Å². The number of carboxylic acid groups (broad SMARTS) is 1. The molecular formula is C14H18FNO3. The van der Waals surface area contributed by atoms with Gasteiger partial charge in [0.2, 0.25) is 0 Å². The Morgan fingerprint density at radius 1 is 1.42 bits per heavy atom. The van der Waals surface area contributed by atoms with Crippen LogP contribution >= 0.6 is 0 Å². The van der Waals surface area contributed by atoms with Gasteiger partial charge in [-0.2, -0.15) is 0 Å². The summed E-state index contributed by atoms with van der Waals surface area (Å²) >= 11 is 0. The fraction of sp³-hybridized carbons (Fsp3) is 0.500. The van der Waals surface area contributed by atoms with Crippen LogP contribution in [0.3, 0.4) is 0 Å². The molecule has 0 bridgehead atoms. The summed E-state index contributed by atoms with van der Waals surface area (Å²) in [5.41, 5.74) is -0.636. The maximum atomic E-state index is 13.5. The molecule has 19 heavy (non-hydrogen) atoms. The first kappa shape index (κ1) is 13.8. The van der Waals surface area contributed by atoms with E-state index in [1.54, 1.807) is 0 Å². The van der Waals surface area contributed by atoms with Gasteiger partial charge in [0.1, 0.15) is 11.6 Å². The normalized spacial score (nSPS) is 23.7. The van der Waals surface area contributed by atoms with Crippen LogP contribution in [0.5, 0.6) is 5.75 Å². The average molecular weight is 267 g/mol. The topological polar surface area (TPSA) is 58.6 Å². The Kier molecular flexibility index (Phi) is 4.04. The van der Waals surface area contributed by atoms with Gasteiger partial charge in [0, 0.05) is 5.56 Å². The monoisotopic (exact) mass is 267 g/mol. The minimum absolute atomic E-state index is 0.433. The van der Waals surface area contributed by atoms with Gasteiger partial charge in [-0.1, -0.05) is 0 Å². The zero-order valence-corrected chi connectivity index (χ0v) is 10.9. The lowest BCUT2D eigenvalue weighted by atomic mass is 9.74. The summed E-state index contributed by atoms with van der Waals surface area (Å²) in [6.07, 6.45) is 1.66. The summed E-state index contributed by atoms with van der Waals surface area (Å²) in [6, 6.07) is 4.07. The molecule has 1 unspecified atom stereocenters. The van der Waals surface area contributed by atoms with Crippen LogP contribution in [0.15, 0.2) is 18.2 Å². The van der Waals surface area contributed by atoms with Gasteiger partial charge in [-0.3, -0.25) is 4.79 Å². The van der Waals surface area contributed by atoms with Crippen LogP contribution in [0.25, 0.3) is 0 Å². The second-order valence-corrected chi connectivity index (χ2v) is 4.84. The van der Waals surface area contributed by atoms with E-state index in [1.165, 1.54) is 25.3 Å². The number of halogens is 1. The van der Waals surface area contributed by atoms with Crippen LogP contribution in [0.1, 0.15) is 24.8 Å². The summed E-state index contributed by atoms with van der Waals surface area (Å²) in [4.78, 5) is 11.8. The molecule has 2 rings (SSSR count). The van der Waals surface area contributed by atoms with Gasteiger partial charge in [0.15, 0.2) is 0 Å². The molecule has 1 fully saturated rings. The van der Waals surface area contributed by atoms with E-state index in [1.807, 2.05) is 0 Å². The summed E-state index contributed by atoms with van der Waals surface area (Å²) < 4.78 is 18.7. The van der Waals surface area contributed by atoms with Crippen LogP contribution in [-0.4, -0.2) is 31.3 Å². The van der Waals surface area contributed by atoms with Crippen LogP contribution in [0.4, 0.5) is 4.39 Å². The first-order chi connectivity index (χ1) is 9.10. The van der Waals surface area contributed by atoms with Gasteiger partial charge < -0.3 is 15.2 Å². The first-order valence-electron chi connectivity index (χ1n) is 6.38. The highest BCUT2D eigenvalue weighted by molar-refractivity contribution is 5.82.